The predicted molar refractivity (Wildman–Crippen MR) is 147 cm³/mol. The summed E-state index contributed by atoms with van der Waals surface area (Å²) in [6.07, 6.45) is 9.36. The molecule has 1 aliphatic rings. The van der Waals surface area contributed by atoms with Crippen molar-refractivity contribution in [1.82, 2.24) is 10.2 Å². The Morgan fingerprint density at radius 3 is 2.49 bits per heavy atom. The fraction of sp³-hybridized carbons (Fsp3) is 0.655. The lowest BCUT2D eigenvalue weighted by atomic mass is 9.97. The quantitative estimate of drug-likeness (QED) is 0.333. The highest BCUT2D eigenvalue weighted by atomic mass is 16.5. The number of aryl methyl sites for hydroxylation is 1. The molecule has 35 heavy (non-hydrogen) atoms. The summed E-state index contributed by atoms with van der Waals surface area (Å²) in [6.45, 7) is 14.5. The molecule has 2 N–H and O–H groups in total. The first-order valence-corrected chi connectivity index (χ1v) is 13.7. The van der Waals surface area contributed by atoms with Crippen LogP contribution in [0.1, 0.15) is 97.6 Å². The van der Waals surface area contributed by atoms with E-state index in [2.05, 4.69) is 35.4 Å². The van der Waals surface area contributed by atoms with Gasteiger partial charge < -0.3 is 19.9 Å². The van der Waals surface area contributed by atoms with Gasteiger partial charge in [-0.2, -0.15) is 0 Å². The normalized spacial score (nSPS) is 13.2. The van der Waals surface area contributed by atoms with Crippen molar-refractivity contribution >= 4 is 5.82 Å². The van der Waals surface area contributed by atoms with Crippen LogP contribution < -0.4 is 10.1 Å². The average molecular weight is 488 g/mol. The van der Waals surface area contributed by atoms with E-state index in [1.54, 1.807) is 13.2 Å². The van der Waals surface area contributed by atoms with Crippen LogP contribution in [0.5, 0.6) is 11.5 Å². The van der Waals surface area contributed by atoms with E-state index in [9.17, 15) is 5.11 Å². The molecule has 1 atom stereocenters. The molecule has 0 spiro atoms. The lowest BCUT2D eigenvalue weighted by molar-refractivity contribution is 0.119. The molecule has 2 heterocycles. The molecule has 1 aromatic carbocycles. The summed E-state index contributed by atoms with van der Waals surface area (Å²) in [4.78, 5) is 0. The van der Waals surface area contributed by atoms with E-state index in [1.807, 2.05) is 33.8 Å². The van der Waals surface area contributed by atoms with Crippen molar-refractivity contribution in [2.24, 2.45) is 5.92 Å². The van der Waals surface area contributed by atoms with Crippen molar-refractivity contribution in [3.63, 3.8) is 0 Å². The Hall–Kier alpha value is -2.34. The van der Waals surface area contributed by atoms with Crippen LogP contribution >= 0.6 is 0 Å². The fourth-order valence-corrected chi connectivity index (χ4v) is 4.19. The number of fused-ring (bicyclic) bond motifs is 3. The highest BCUT2D eigenvalue weighted by molar-refractivity contribution is 5.75. The first-order valence-electron chi connectivity index (χ1n) is 13.7. The summed E-state index contributed by atoms with van der Waals surface area (Å²) in [6, 6.07) is 5.62. The number of hydrogen-bond acceptors (Lipinski definition) is 6. The van der Waals surface area contributed by atoms with E-state index in [0.29, 0.717) is 30.4 Å². The Bertz CT molecular complexity index is 842. The third kappa shape index (κ3) is 9.67. The third-order valence-electron chi connectivity index (χ3n) is 6.13. The van der Waals surface area contributed by atoms with Gasteiger partial charge in [0, 0.05) is 24.8 Å². The molecule has 6 nitrogen and oxygen atoms in total. The number of ether oxygens (including phenoxy) is 2. The van der Waals surface area contributed by atoms with Gasteiger partial charge in [-0.15, -0.1) is 10.2 Å². The summed E-state index contributed by atoms with van der Waals surface area (Å²) in [5.41, 5.74) is 3.38. The van der Waals surface area contributed by atoms with E-state index in [1.165, 1.54) is 32.1 Å². The molecular weight excluding hydrogens is 438 g/mol. The zero-order valence-corrected chi connectivity index (χ0v) is 23.2. The number of phenols is 1. The molecule has 1 unspecified atom stereocenters. The maximum absolute atomic E-state index is 10.7. The molecular formula is C29H49N3O3. The number of rotatable bonds is 10. The maximum Gasteiger partial charge on any atom is 0.148 e. The molecule has 3 rings (SSSR count). The van der Waals surface area contributed by atoms with E-state index in [0.717, 1.165) is 48.4 Å². The van der Waals surface area contributed by atoms with Crippen molar-refractivity contribution in [3.05, 3.63) is 29.3 Å². The molecule has 1 aromatic heterocycles. The molecule has 0 aliphatic carbocycles. The van der Waals surface area contributed by atoms with Gasteiger partial charge in [0.05, 0.1) is 13.7 Å². The Kier molecular flexibility index (Phi) is 15.8. The summed E-state index contributed by atoms with van der Waals surface area (Å²) in [5, 5.41) is 23.2. The molecule has 0 bridgehead atoms. The Morgan fingerprint density at radius 2 is 1.80 bits per heavy atom. The number of aromatic hydroxyl groups is 1. The van der Waals surface area contributed by atoms with Crippen molar-refractivity contribution in [2.75, 3.05) is 25.6 Å². The standard InChI is InChI=1S/C25H37N3O3.2C2H6/c1-4-6-7-8-10-18(5-2)16-26-23-14-19-11-9-12-31-17-20-13-21(30-3)15-22(29)24(20)25(19)28-27-23;2*1-2/h13-15,18,29H,4-12,16-17H2,1-3H3,(H,26,27);2*1-2H3. The van der Waals surface area contributed by atoms with E-state index in [-0.39, 0.29) is 5.75 Å². The number of phenolic OH excluding ortho intramolecular Hbond substituents is 1. The molecule has 0 saturated heterocycles. The number of hydrogen-bond donors (Lipinski definition) is 2. The van der Waals surface area contributed by atoms with Crippen LogP contribution in [0.25, 0.3) is 11.3 Å². The molecule has 0 radical (unpaired) electrons. The van der Waals surface area contributed by atoms with E-state index < -0.39 is 0 Å². The Morgan fingerprint density at radius 1 is 1.03 bits per heavy atom. The first-order chi connectivity index (χ1) is 17.2. The molecule has 2 aromatic rings. The molecule has 6 heteroatoms. The van der Waals surface area contributed by atoms with Crippen molar-refractivity contribution in [3.8, 4) is 22.8 Å². The number of benzene rings is 1. The first kappa shape index (κ1) is 30.7. The van der Waals surface area contributed by atoms with Crippen molar-refractivity contribution in [1.29, 1.82) is 0 Å². The van der Waals surface area contributed by atoms with Crippen molar-refractivity contribution < 1.29 is 14.6 Å². The summed E-state index contributed by atoms with van der Waals surface area (Å²) >= 11 is 0. The second kappa shape index (κ2) is 18.0. The summed E-state index contributed by atoms with van der Waals surface area (Å²) in [7, 11) is 1.59. The van der Waals surface area contributed by atoms with Gasteiger partial charge in [-0.05, 0) is 48.4 Å². The molecule has 198 valence electrons. The lowest BCUT2D eigenvalue weighted by Gasteiger charge is -2.17. The second-order valence-electron chi connectivity index (χ2n) is 8.44. The highest BCUT2D eigenvalue weighted by Gasteiger charge is 2.20. The zero-order valence-electron chi connectivity index (χ0n) is 23.2. The van der Waals surface area contributed by atoms with Crippen LogP contribution in [0.3, 0.4) is 0 Å². The van der Waals surface area contributed by atoms with E-state index >= 15 is 0 Å². The number of methoxy groups -OCH3 is 1. The van der Waals surface area contributed by atoms with Gasteiger partial charge in [-0.1, -0.05) is 73.6 Å². The fourth-order valence-electron chi connectivity index (χ4n) is 4.19. The van der Waals surface area contributed by atoms with Gasteiger partial charge in [0.25, 0.3) is 0 Å². The SMILES string of the molecule is CC.CC.CCCCCCC(CC)CNc1cc2c(nn1)-c1c(O)cc(OC)cc1COCCC2. The number of nitrogens with one attached hydrogen (secondary N) is 1. The van der Waals surface area contributed by atoms with Gasteiger partial charge in [-0.25, -0.2) is 0 Å². The number of nitrogens with zero attached hydrogens (tertiary/aromatic N) is 2. The minimum atomic E-state index is 0.147. The number of aromatic nitrogens is 2. The number of unbranched alkanes of at least 4 members (excludes halogenated alkanes) is 3. The summed E-state index contributed by atoms with van der Waals surface area (Å²) in [5.74, 6) is 2.21. The second-order valence-corrected chi connectivity index (χ2v) is 8.44. The monoisotopic (exact) mass is 487 g/mol. The molecule has 0 saturated carbocycles. The number of anilines is 1. The van der Waals surface area contributed by atoms with Crippen LogP contribution in [-0.4, -0.2) is 35.6 Å². The highest BCUT2D eigenvalue weighted by Crippen LogP contribution is 2.38. The minimum Gasteiger partial charge on any atom is -0.507 e. The van der Waals surface area contributed by atoms with Crippen LogP contribution in [0.4, 0.5) is 5.82 Å². The van der Waals surface area contributed by atoms with E-state index in [4.69, 9.17) is 9.47 Å². The lowest BCUT2D eigenvalue weighted by Crippen LogP contribution is -2.15. The third-order valence-corrected chi connectivity index (χ3v) is 6.13. The smallest absolute Gasteiger partial charge is 0.148 e. The topological polar surface area (TPSA) is 76.5 Å². The van der Waals surface area contributed by atoms with Crippen LogP contribution in [0.2, 0.25) is 0 Å². The summed E-state index contributed by atoms with van der Waals surface area (Å²) < 4.78 is 11.1. The Labute approximate surface area is 213 Å². The minimum absolute atomic E-state index is 0.147. The van der Waals surface area contributed by atoms with Gasteiger partial charge in [0.15, 0.2) is 0 Å². The largest absolute Gasteiger partial charge is 0.507 e. The molecule has 1 aliphatic heterocycles. The van der Waals surface area contributed by atoms with Crippen molar-refractivity contribution in [2.45, 2.75) is 99.5 Å². The van der Waals surface area contributed by atoms with Gasteiger partial charge >= 0.3 is 0 Å². The maximum atomic E-state index is 10.7. The zero-order chi connectivity index (χ0) is 26.1. The average Bonchev–Trinajstić information content (AvgIpc) is 2.99. The predicted octanol–water partition coefficient (Wildman–Crippen LogP) is 7.78. The van der Waals surface area contributed by atoms with Gasteiger partial charge in [-0.3, -0.25) is 0 Å². The van der Waals surface area contributed by atoms with Gasteiger partial charge in [0.1, 0.15) is 23.0 Å². The molecule has 0 amide bonds. The molecule has 0 fully saturated rings. The van der Waals surface area contributed by atoms with Crippen LogP contribution in [0.15, 0.2) is 18.2 Å². The Balaban J connectivity index is 0.00000145. The van der Waals surface area contributed by atoms with Crippen LogP contribution in [0, 0.1) is 5.92 Å². The van der Waals surface area contributed by atoms with Gasteiger partial charge in [0.2, 0.25) is 0 Å². The van der Waals surface area contributed by atoms with Crippen LogP contribution in [-0.2, 0) is 17.8 Å².